The highest BCUT2D eigenvalue weighted by atomic mass is 35.5. The van der Waals surface area contributed by atoms with Gasteiger partial charge in [0.25, 0.3) is 0 Å². The molecule has 0 saturated heterocycles. The Morgan fingerprint density at radius 1 is 0.963 bits per heavy atom. The standard InChI is InChI=1S/C26H29Cl/c1-2-3-4-20-9-15-25-22(17-20)11-12-23-18-21(10-16-26(23)25)6-5-19-7-13-24(27)14-8-19/h7-8,10,13-14,16,18,20,22,25H,2-4,9,11-12,15,17H2,1H3. The van der Waals surface area contributed by atoms with Gasteiger partial charge in [-0.25, -0.2) is 0 Å². The second-order valence-corrected chi connectivity index (χ2v) is 8.83. The van der Waals surface area contributed by atoms with Crippen molar-refractivity contribution in [2.45, 2.75) is 64.2 Å². The van der Waals surface area contributed by atoms with Gasteiger partial charge in [-0.3, -0.25) is 0 Å². The second-order valence-electron chi connectivity index (χ2n) is 8.40. The van der Waals surface area contributed by atoms with Gasteiger partial charge < -0.3 is 0 Å². The molecule has 0 bridgehead atoms. The fourth-order valence-corrected chi connectivity index (χ4v) is 5.25. The molecule has 0 N–H and O–H groups in total. The molecule has 2 aliphatic rings. The van der Waals surface area contributed by atoms with Crippen LogP contribution in [0.5, 0.6) is 0 Å². The van der Waals surface area contributed by atoms with E-state index in [4.69, 9.17) is 11.6 Å². The summed E-state index contributed by atoms with van der Waals surface area (Å²) in [5, 5.41) is 0.758. The van der Waals surface area contributed by atoms with Crippen molar-refractivity contribution in [2.75, 3.05) is 0 Å². The topological polar surface area (TPSA) is 0 Å². The maximum atomic E-state index is 5.95. The van der Waals surface area contributed by atoms with E-state index in [1.165, 1.54) is 51.4 Å². The van der Waals surface area contributed by atoms with Crippen LogP contribution in [0.4, 0.5) is 0 Å². The minimum atomic E-state index is 0.758. The molecule has 27 heavy (non-hydrogen) atoms. The van der Waals surface area contributed by atoms with Gasteiger partial charge in [-0.1, -0.05) is 55.7 Å². The molecule has 1 saturated carbocycles. The lowest BCUT2D eigenvalue weighted by Gasteiger charge is -2.40. The van der Waals surface area contributed by atoms with Crippen molar-refractivity contribution in [1.82, 2.24) is 0 Å². The largest absolute Gasteiger partial charge is 0.0843 e. The van der Waals surface area contributed by atoms with E-state index >= 15 is 0 Å². The molecular weight excluding hydrogens is 348 g/mol. The molecule has 140 valence electrons. The van der Waals surface area contributed by atoms with Crippen LogP contribution < -0.4 is 0 Å². The first kappa shape index (κ1) is 18.6. The van der Waals surface area contributed by atoms with Gasteiger partial charge in [0, 0.05) is 16.1 Å². The summed E-state index contributed by atoms with van der Waals surface area (Å²) in [6.45, 7) is 2.32. The Kier molecular flexibility index (Phi) is 5.89. The van der Waals surface area contributed by atoms with Crippen LogP contribution in [0.1, 0.15) is 80.0 Å². The Balaban J connectivity index is 1.48. The van der Waals surface area contributed by atoms with Gasteiger partial charge in [0.1, 0.15) is 0 Å². The third kappa shape index (κ3) is 4.41. The van der Waals surface area contributed by atoms with Crippen molar-refractivity contribution in [3.8, 4) is 11.8 Å². The van der Waals surface area contributed by atoms with Gasteiger partial charge in [-0.15, -0.1) is 0 Å². The third-order valence-corrected chi connectivity index (χ3v) is 6.83. The lowest BCUT2D eigenvalue weighted by atomic mass is 9.64. The SMILES string of the molecule is CCCCC1CCC2c3ccc(C#Cc4ccc(Cl)cc4)cc3CCC2C1. The smallest absolute Gasteiger partial charge is 0.0406 e. The quantitative estimate of drug-likeness (QED) is 0.490. The summed E-state index contributed by atoms with van der Waals surface area (Å²) in [7, 11) is 0. The van der Waals surface area contributed by atoms with Crippen molar-refractivity contribution in [1.29, 1.82) is 0 Å². The normalized spacial score (nSPS) is 23.7. The van der Waals surface area contributed by atoms with Crippen LogP contribution >= 0.6 is 11.6 Å². The summed E-state index contributed by atoms with van der Waals surface area (Å²) in [5.74, 6) is 9.30. The van der Waals surface area contributed by atoms with E-state index < -0.39 is 0 Å². The van der Waals surface area contributed by atoms with Gasteiger partial charge in [0.15, 0.2) is 0 Å². The van der Waals surface area contributed by atoms with Gasteiger partial charge in [-0.2, -0.15) is 0 Å². The zero-order valence-corrected chi connectivity index (χ0v) is 17.1. The molecule has 3 atom stereocenters. The molecule has 0 radical (unpaired) electrons. The van der Waals surface area contributed by atoms with Crippen LogP contribution in [0.25, 0.3) is 0 Å². The van der Waals surface area contributed by atoms with Crippen molar-refractivity contribution in [3.63, 3.8) is 0 Å². The zero-order chi connectivity index (χ0) is 18.6. The number of hydrogen-bond acceptors (Lipinski definition) is 0. The van der Waals surface area contributed by atoms with Crippen molar-refractivity contribution >= 4 is 11.6 Å². The number of rotatable bonds is 3. The van der Waals surface area contributed by atoms with E-state index in [1.807, 2.05) is 24.3 Å². The highest BCUT2D eigenvalue weighted by Gasteiger charge is 2.34. The van der Waals surface area contributed by atoms with Gasteiger partial charge in [0.2, 0.25) is 0 Å². The van der Waals surface area contributed by atoms with E-state index in [2.05, 4.69) is 37.0 Å². The Hall–Kier alpha value is -1.71. The number of aryl methyl sites for hydroxylation is 1. The van der Waals surface area contributed by atoms with Crippen molar-refractivity contribution in [3.05, 3.63) is 69.7 Å². The fraction of sp³-hybridized carbons (Fsp3) is 0.462. The predicted octanol–water partition coefficient (Wildman–Crippen LogP) is 7.38. The molecule has 2 aliphatic carbocycles. The molecule has 2 aromatic carbocycles. The van der Waals surface area contributed by atoms with Crippen molar-refractivity contribution < 1.29 is 0 Å². The summed E-state index contributed by atoms with van der Waals surface area (Å²) in [5.41, 5.74) is 5.32. The number of hydrogen-bond donors (Lipinski definition) is 0. The van der Waals surface area contributed by atoms with Crippen LogP contribution in [0.3, 0.4) is 0 Å². The molecule has 1 fully saturated rings. The van der Waals surface area contributed by atoms with Crippen LogP contribution in [0.15, 0.2) is 42.5 Å². The predicted molar refractivity (Wildman–Crippen MR) is 115 cm³/mol. The Morgan fingerprint density at radius 3 is 2.56 bits per heavy atom. The summed E-state index contributed by atoms with van der Waals surface area (Å²) < 4.78 is 0. The first-order valence-corrected chi connectivity index (χ1v) is 11.0. The number of fused-ring (bicyclic) bond motifs is 3. The Bertz CT molecular complexity index is 837. The van der Waals surface area contributed by atoms with E-state index in [1.54, 1.807) is 11.1 Å². The maximum absolute atomic E-state index is 5.95. The average Bonchev–Trinajstić information content (AvgIpc) is 2.71. The van der Waals surface area contributed by atoms with Gasteiger partial charge >= 0.3 is 0 Å². The van der Waals surface area contributed by atoms with E-state index in [9.17, 15) is 0 Å². The first-order valence-electron chi connectivity index (χ1n) is 10.6. The molecule has 0 spiro atoms. The molecule has 0 nitrogen and oxygen atoms in total. The fourth-order valence-electron chi connectivity index (χ4n) is 5.12. The third-order valence-electron chi connectivity index (χ3n) is 6.58. The van der Waals surface area contributed by atoms with Crippen LogP contribution in [-0.2, 0) is 6.42 Å². The molecule has 0 amide bonds. The molecular formula is C26H29Cl. The van der Waals surface area contributed by atoms with E-state index in [-0.39, 0.29) is 0 Å². The summed E-state index contributed by atoms with van der Waals surface area (Å²) in [6.07, 6.45) is 11.1. The van der Waals surface area contributed by atoms with E-state index in [0.717, 1.165) is 33.9 Å². The minimum Gasteiger partial charge on any atom is -0.0843 e. The van der Waals surface area contributed by atoms with Crippen LogP contribution in [0.2, 0.25) is 5.02 Å². The number of unbranched alkanes of at least 4 members (excludes halogenated alkanes) is 1. The molecule has 0 heterocycles. The molecule has 4 rings (SSSR count). The molecule has 0 aromatic heterocycles. The lowest BCUT2D eigenvalue weighted by Crippen LogP contribution is -2.28. The monoisotopic (exact) mass is 376 g/mol. The minimum absolute atomic E-state index is 0.758. The molecule has 0 aliphatic heterocycles. The highest BCUT2D eigenvalue weighted by molar-refractivity contribution is 6.30. The van der Waals surface area contributed by atoms with Crippen molar-refractivity contribution in [2.24, 2.45) is 11.8 Å². The maximum Gasteiger partial charge on any atom is 0.0406 e. The Labute approximate surface area is 169 Å². The number of benzene rings is 2. The Morgan fingerprint density at radius 2 is 1.74 bits per heavy atom. The first-order chi connectivity index (χ1) is 13.2. The average molecular weight is 377 g/mol. The summed E-state index contributed by atoms with van der Waals surface area (Å²) in [4.78, 5) is 0. The lowest BCUT2D eigenvalue weighted by molar-refractivity contribution is 0.200. The zero-order valence-electron chi connectivity index (χ0n) is 16.3. The van der Waals surface area contributed by atoms with E-state index in [0.29, 0.717) is 0 Å². The number of halogens is 1. The highest BCUT2D eigenvalue weighted by Crippen LogP contribution is 2.47. The van der Waals surface area contributed by atoms with Crippen LogP contribution in [0, 0.1) is 23.7 Å². The summed E-state index contributed by atoms with van der Waals surface area (Å²) in [6, 6.07) is 14.7. The molecule has 3 unspecified atom stereocenters. The molecule has 1 heteroatoms. The second kappa shape index (κ2) is 8.53. The van der Waals surface area contributed by atoms with Gasteiger partial charge in [-0.05, 0) is 97.4 Å². The van der Waals surface area contributed by atoms with Crippen LogP contribution in [-0.4, -0.2) is 0 Å². The van der Waals surface area contributed by atoms with Gasteiger partial charge in [0.05, 0.1) is 0 Å². The molecule has 2 aromatic rings. The summed E-state index contributed by atoms with van der Waals surface area (Å²) >= 11 is 5.95.